The number of carbonyl (C=O) groups is 1. The molecule has 0 saturated carbocycles. The average Bonchev–Trinajstić information content (AvgIpc) is 3.33. The zero-order chi connectivity index (χ0) is 29.5. The Bertz CT molecular complexity index is 1340. The Morgan fingerprint density at radius 1 is 1.02 bits per heavy atom. The highest BCUT2D eigenvalue weighted by Gasteiger charge is 2.22. The number of benzene rings is 2. The third-order valence-corrected chi connectivity index (χ3v) is 5.90. The van der Waals surface area contributed by atoms with Gasteiger partial charge in [0, 0.05) is 23.0 Å². The van der Waals surface area contributed by atoms with E-state index in [0.717, 1.165) is 0 Å². The number of hydroxylamine groups is 1. The highest BCUT2D eigenvalue weighted by Crippen LogP contribution is 2.32. The maximum absolute atomic E-state index is 15.4. The van der Waals surface area contributed by atoms with Gasteiger partial charge in [-0.3, -0.25) is 9.63 Å². The molecule has 0 aliphatic heterocycles. The zero-order valence-electron chi connectivity index (χ0n) is 22.3. The number of azide groups is 1. The Morgan fingerprint density at radius 3 is 2.29 bits per heavy atom. The van der Waals surface area contributed by atoms with Crippen LogP contribution in [0.4, 0.5) is 20.2 Å². The minimum Gasteiger partial charge on any atom is -0.379 e. The Labute approximate surface area is 242 Å². The van der Waals surface area contributed by atoms with Gasteiger partial charge in [0.05, 0.1) is 88.2 Å². The van der Waals surface area contributed by atoms with Gasteiger partial charge < -0.3 is 28.8 Å². The minimum atomic E-state index is -0.806. The van der Waals surface area contributed by atoms with Gasteiger partial charge in [0.2, 0.25) is 0 Å². The molecule has 2 N–H and O–H groups in total. The van der Waals surface area contributed by atoms with E-state index >= 15 is 4.39 Å². The van der Waals surface area contributed by atoms with Crippen molar-refractivity contribution in [2.75, 3.05) is 71.3 Å². The summed E-state index contributed by atoms with van der Waals surface area (Å²) >= 11 is 3.18. The number of hydrogen-bond acceptors (Lipinski definition) is 9. The second-order valence-electron chi connectivity index (χ2n) is 8.27. The van der Waals surface area contributed by atoms with E-state index in [0.29, 0.717) is 56.2 Å². The predicted molar refractivity (Wildman–Crippen MR) is 149 cm³/mol. The lowest BCUT2D eigenvalue weighted by Crippen LogP contribution is -2.27. The van der Waals surface area contributed by atoms with Gasteiger partial charge in [0.25, 0.3) is 5.91 Å². The molecule has 16 heteroatoms. The van der Waals surface area contributed by atoms with Crippen LogP contribution in [0, 0.1) is 11.6 Å². The number of halogens is 3. The van der Waals surface area contributed by atoms with Crippen LogP contribution in [-0.4, -0.2) is 81.5 Å². The summed E-state index contributed by atoms with van der Waals surface area (Å²) < 4.78 is 53.2. The van der Waals surface area contributed by atoms with Crippen molar-refractivity contribution < 1.29 is 37.4 Å². The molecule has 1 heterocycles. The Hall–Kier alpha value is -3.37. The van der Waals surface area contributed by atoms with Crippen LogP contribution in [0.25, 0.3) is 21.5 Å². The molecule has 1 amide bonds. The number of hydrogen-bond donors (Lipinski definition) is 2. The average molecular weight is 642 g/mol. The first-order chi connectivity index (χ1) is 19.9. The fourth-order valence-electron chi connectivity index (χ4n) is 3.44. The Morgan fingerprint density at radius 2 is 1.66 bits per heavy atom. The lowest BCUT2D eigenvalue weighted by Gasteiger charge is -2.15. The van der Waals surface area contributed by atoms with Crippen LogP contribution in [-0.2, 0) is 30.8 Å². The lowest BCUT2D eigenvalue weighted by atomic mass is 10.1. The summed E-state index contributed by atoms with van der Waals surface area (Å²) in [5.41, 5.74) is 10.5. The Balaban J connectivity index is 1.38. The molecule has 2 aromatic carbocycles. The summed E-state index contributed by atoms with van der Waals surface area (Å²) in [6.07, 6.45) is 1.41. The van der Waals surface area contributed by atoms with E-state index in [1.807, 2.05) is 0 Å². The van der Waals surface area contributed by atoms with Crippen LogP contribution in [0.1, 0.15) is 10.4 Å². The highest BCUT2D eigenvalue weighted by atomic mass is 79.9. The molecule has 0 fully saturated rings. The van der Waals surface area contributed by atoms with E-state index < -0.39 is 17.5 Å². The topological polar surface area (TPSA) is 154 Å². The first-order valence-electron chi connectivity index (χ1n) is 12.5. The highest BCUT2D eigenvalue weighted by molar-refractivity contribution is 9.10. The number of fused-ring (bicyclic) bond motifs is 1. The van der Waals surface area contributed by atoms with E-state index in [2.05, 4.69) is 41.7 Å². The van der Waals surface area contributed by atoms with Gasteiger partial charge in [-0.05, 0) is 29.8 Å². The molecule has 0 bridgehead atoms. The normalized spacial score (nSPS) is 11.0. The van der Waals surface area contributed by atoms with Crippen LogP contribution in [0.5, 0.6) is 0 Å². The van der Waals surface area contributed by atoms with Crippen LogP contribution >= 0.6 is 15.9 Å². The minimum absolute atomic E-state index is 0.0209. The van der Waals surface area contributed by atoms with Crippen LogP contribution in [0.15, 0.2) is 40.2 Å². The fraction of sp³-hybridized carbons (Fsp3) is 0.440. The number of carbonyl (C=O) groups excluding carboxylic acids is 1. The molecular formula is C25H30BrF2N7O6. The lowest BCUT2D eigenvalue weighted by molar-refractivity contribution is -0.0234. The molecule has 0 radical (unpaired) electrons. The van der Waals surface area contributed by atoms with Crippen molar-refractivity contribution in [3.63, 3.8) is 0 Å². The first kappa shape index (κ1) is 32.1. The second-order valence-corrected chi connectivity index (χ2v) is 9.18. The predicted octanol–water partition coefficient (Wildman–Crippen LogP) is 4.40. The van der Waals surface area contributed by atoms with Crippen molar-refractivity contribution in [3.8, 4) is 0 Å². The van der Waals surface area contributed by atoms with Crippen LogP contribution in [0.3, 0.4) is 0 Å². The van der Waals surface area contributed by atoms with Crippen molar-refractivity contribution in [2.24, 2.45) is 12.2 Å². The number of nitrogens with zero attached hydrogens (tertiary/aromatic N) is 5. The maximum Gasteiger partial charge on any atom is 0.277 e. The number of aromatic nitrogens is 2. The molecule has 222 valence electrons. The van der Waals surface area contributed by atoms with Gasteiger partial charge in [-0.1, -0.05) is 21.0 Å². The second kappa shape index (κ2) is 17.4. The van der Waals surface area contributed by atoms with E-state index in [1.165, 1.54) is 24.5 Å². The number of ether oxygens (including phenoxy) is 4. The van der Waals surface area contributed by atoms with E-state index in [9.17, 15) is 9.18 Å². The molecular weight excluding hydrogens is 612 g/mol. The van der Waals surface area contributed by atoms with E-state index in [-0.39, 0.29) is 42.2 Å². The van der Waals surface area contributed by atoms with E-state index in [1.54, 1.807) is 17.7 Å². The van der Waals surface area contributed by atoms with Gasteiger partial charge in [0.1, 0.15) is 11.3 Å². The first-order valence-corrected chi connectivity index (χ1v) is 13.3. The molecule has 0 atom stereocenters. The number of anilines is 2. The molecule has 0 unspecified atom stereocenters. The largest absolute Gasteiger partial charge is 0.379 e. The molecule has 0 aliphatic carbocycles. The van der Waals surface area contributed by atoms with Crippen molar-refractivity contribution in [3.05, 3.63) is 62.7 Å². The number of imidazole rings is 1. The quantitative estimate of drug-likeness (QED) is 0.0642. The summed E-state index contributed by atoms with van der Waals surface area (Å²) in [6, 6.07) is 5.66. The van der Waals surface area contributed by atoms with Crippen LogP contribution in [0.2, 0.25) is 0 Å². The number of aryl methyl sites for hydroxylation is 1. The number of amides is 1. The van der Waals surface area contributed by atoms with E-state index in [4.69, 9.17) is 29.3 Å². The summed E-state index contributed by atoms with van der Waals surface area (Å²) in [5, 5.41) is 6.02. The fourth-order valence-corrected chi connectivity index (χ4v) is 3.77. The SMILES string of the molecule is Cn1cnc2c(F)c(Nc3ccc(Br)cc3F)c(C(=O)NOCCOCCOCCOCCOCCN=[N+]=[N-])cc21. The standard InChI is InChI=1S/C25H30BrF2N7O6/c1-35-16-30-24-21(35)15-18(23(22(24)28)32-20-3-2-17(26)14-19(20)27)25(36)33-41-13-12-40-11-10-39-9-8-38-7-6-37-5-4-31-34-29/h2-3,14-16,32H,4-13H2,1H3,(H,33,36). The molecule has 3 aromatic rings. The molecule has 13 nitrogen and oxygen atoms in total. The third kappa shape index (κ3) is 10.2. The summed E-state index contributed by atoms with van der Waals surface area (Å²) in [4.78, 5) is 24.8. The monoisotopic (exact) mass is 641 g/mol. The number of nitrogens with one attached hydrogen (secondary N) is 2. The summed E-state index contributed by atoms with van der Waals surface area (Å²) in [7, 11) is 1.66. The van der Waals surface area contributed by atoms with Crippen molar-refractivity contribution >= 4 is 44.2 Å². The zero-order valence-corrected chi connectivity index (χ0v) is 23.9. The van der Waals surface area contributed by atoms with Crippen LogP contribution < -0.4 is 10.8 Å². The molecule has 1 aromatic heterocycles. The smallest absolute Gasteiger partial charge is 0.277 e. The molecule has 0 saturated heterocycles. The third-order valence-electron chi connectivity index (χ3n) is 5.41. The van der Waals surface area contributed by atoms with Gasteiger partial charge in [-0.2, -0.15) is 0 Å². The van der Waals surface area contributed by atoms with Crippen molar-refractivity contribution in [1.82, 2.24) is 15.0 Å². The molecule has 0 spiro atoms. The molecule has 41 heavy (non-hydrogen) atoms. The number of rotatable bonds is 19. The molecule has 3 rings (SSSR count). The van der Waals surface area contributed by atoms with Gasteiger partial charge >= 0.3 is 0 Å². The van der Waals surface area contributed by atoms with Gasteiger partial charge in [0.15, 0.2) is 5.82 Å². The summed E-state index contributed by atoms with van der Waals surface area (Å²) in [5.74, 6) is -2.18. The van der Waals surface area contributed by atoms with Gasteiger partial charge in [-0.25, -0.2) is 19.2 Å². The van der Waals surface area contributed by atoms with Gasteiger partial charge in [-0.15, -0.1) is 0 Å². The van der Waals surface area contributed by atoms with Crippen molar-refractivity contribution in [1.29, 1.82) is 0 Å². The summed E-state index contributed by atoms with van der Waals surface area (Å²) in [6.45, 7) is 3.03. The maximum atomic E-state index is 15.4. The molecule has 0 aliphatic rings. The van der Waals surface area contributed by atoms with Crippen molar-refractivity contribution in [2.45, 2.75) is 0 Å². The Kier molecular flexibility index (Phi) is 13.7.